The second-order valence-electron chi connectivity index (χ2n) is 7.20. The van der Waals surface area contributed by atoms with E-state index in [4.69, 9.17) is 0 Å². The highest BCUT2D eigenvalue weighted by molar-refractivity contribution is 5.77. The minimum atomic E-state index is 0.385. The molecule has 6 nitrogen and oxygen atoms in total. The van der Waals surface area contributed by atoms with Gasteiger partial charge in [-0.3, -0.25) is 0 Å². The Morgan fingerprint density at radius 1 is 1.15 bits per heavy atom. The Kier molecular flexibility index (Phi) is 4.59. The van der Waals surface area contributed by atoms with Gasteiger partial charge < -0.3 is 10.2 Å². The Labute approximate surface area is 154 Å². The van der Waals surface area contributed by atoms with Crippen molar-refractivity contribution in [1.29, 1.82) is 0 Å². The van der Waals surface area contributed by atoms with E-state index >= 15 is 0 Å². The number of hydrogen-bond donors (Lipinski definition) is 1. The van der Waals surface area contributed by atoms with Crippen molar-refractivity contribution < 1.29 is 0 Å². The quantitative estimate of drug-likeness (QED) is 0.782. The molecule has 0 saturated carbocycles. The molecule has 1 fully saturated rings. The number of likely N-dealkylation sites (N-methyl/N-ethyl adjacent to an activating group) is 1. The minimum absolute atomic E-state index is 0.385. The van der Waals surface area contributed by atoms with Crippen LogP contribution in [0.4, 0.5) is 5.95 Å². The molecule has 1 aliphatic rings. The second-order valence-corrected chi connectivity index (χ2v) is 7.20. The SMILES string of the molecule is CCN1CCCC(Nc2nnc(-c3ccc(C)cc3)c3cc(C)nn23)C1. The number of likely N-dealkylation sites (tertiary alicyclic amines) is 1. The second kappa shape index (κ2) is 7.03. The first kappa shape index (κ1) is 17.0. The highest BCUT2D eigenvalue weighted by atomic mass is 15.4. The van der Waals surface area contributed by atoms with Gasteiger partial charge in [-0.25, -0.2) is 0 Å². The molecule has 4 rings (SSSR count). The zero-order valence-corrected chi connectivity index (χ0v) is 15.7. The van der Waals surface area contributed by atoms with E-state index in [9.17, 15) is 0 Å². The first-order valence-electron chi connectivity index (χ1n) is 9.43. The van der Waals surface area contributed by atoms with Crippen LogP contribution in [-0.4, -0.2) is 50.4 Å². The molecule has 0 spiro atoms. The zero-order valence-electron chi connectivity index (χ0n) is 15.7. The molecule has 136 valence electrons. The van der Waals surface area contributed by atoms with Crippen molar-refractivity contribution in [2.24, 2.45) is 0 Å². The fraction of sp³-hybridized carbons (Fsp3) is 0.450. The molecular formula is C20H26N6. The molecule has 1 aromatic carbocycles. The summed E-state index contributed by atoms with van der Waals surface area (Å²) in [5.74, 6) is 0.729. The van der Waals surface area contributed by atoms with Crippen molar-refractivity contribution in [3.63, 3.8) is 0 Å². The molecule has 3 aromatic rings. The van der Waals surface area contributed by atoms with E-state index in [1.54, 1.807) is 0 Å². The minimum Gasteiger partial charge on any atom is -0.349 e. The van der Waals surface area contributed by atoms with Crippen molar-refractivity contribution in [2.45, 2.75) is 39.7 Å². The van der Waals surface area contributed by atoms with Crippen LogP contribution in [0, 0.1) is 13.8 Å². The molecule has 2 aromatic heterocycles. The number of fused-ring (bicyclic) bond motifs is 1. The molecule has 1 N–H and O–H groups in total. The van der Waals surface area contributed by atoms with Gasteiger partial charge in [0.05, 0.1) is 11.2 Å². The zero-order chi connectivity index (χ0) is 18.1. The van der Waals surface area contributed by atoms with Crippen molar-refractivity contribution in [3.8, 4) is 11.3 Å². The summed E-state index contributed by atoms with van der Waals surface area (Å²) in [7, 11) is 0. The lowest BCUT2D eigenvalue weighted by atomic mass is 10.1. The van der Waals surface area contributed by atoms with Crippen molar-refractivity contribution >= 4 is 11.5 Å². The Balaban J connectivity index is 1.69. The highest BCUT2D eigenvalue weighted by Crippen LogP contribution is 2.25. The van der Waals surface area contributed by atoms with Crippen molar-refractivity contribution in [2.75, 3.05) is 25.0 Å². The van der Waals surface area contributed by atoms with Gasteiger partial charge in [-0.05, 0) is 45.8 Å². The Morgan fingerprint density at radius 2 is 1.96 bits per heavy atom. The van der Waals surface area contributed by atoms with Crippen molar-refractivity contribution in [3.05, 3.63) is 41.6 Å². The van der Waals surface area contributed by atoms with Gasteiger partial charge in [-0.15, -0.1) is 10.2 Å². The van der Waals surface area contributed by atoms with E-state index in [0.29, 0.717) is 6.04 Å². The molecule has 1 saturated heterocycles. The smallest absolute Gasteiger partial charge is 0.244 e. The summed E-state index contributed by atoms with van der Waals surface area (Å²) in [5.41, 5.74) is 5.13. The standard InChI is InChI=1S/C20H26N6/c1-4-25-11-5-6-17(13-25)21-20-23-22-19(16-9-7-14(2)8-10-16)18-12-15(3)24-26(18)20/h7-10,12,17H,4-6,11,13H2,1-3H3,(H,21,23). The molecule has 0 amide bonds. The summed E-state index contributed by atoms with van der Waals surface area (Å²) in [6, 6.07) is 10.9. The summed E-state index contributed by atoms with van der Waals surface area (Å²) in [6.45, 7) is 9.63. The number of rotatable bonds is 4. The number of nitrogens with zero attached hydrogens (tertiary/aromatic N) is 5. The first-order valence-corrected chi connectivity index (χ1v) is 9.43. The number of nitrogens with one attached hydrogen (secondary N) is 1. The van der Waals surface area contributed by atoms with Crippen LogP contribution in [0.5, 0.6) is 0 Å². The first-order chi connectivity index (χ1) is 12.6. The van der Waals surface area contributed by atoms with Gasteiger partial charge in [0.25, 0.3) is 0 Å². The van der Waals surface area contributed by atoms with E-state index < -0.39 is 0 Å². The van der Waals surface area contributed by atoms with E-state index in [1.165, 1.54) is 18.5 Å². The molecule has 6 heteroatoms. The van der Waals surface area contributed by atoms with Crippen LogP contribution in [0.3, 0.4) is 0 Å². The van der Waals surface area contributed by atoms with E-state index in [1.807, 2.05) is 11.4 Å². The monoisotopic (exact) mass is 350 g/mol. The lowest BCUT2D eigenvalue weighted by molar-refractivity contribution is 0.226. The highest BCUT2D eigenvalue weighted by Gasteiger charge is 2.21. The molecule has 3 heterocycles. The summed E-state index contributed by atoms with van der Waals surface area (Å²) in [6.07, 6.45) is 2.36. The van der Waals surface area contributed by atoms with Gasteiger partial charge in [0.1, 0.15) is 5.69 Å². The lowest BCUT2D eigenvalue weighted by Crippen LogP contribution is -2.42. The molecule has 1 unspecified atom stereocenters. The molecule has 0 aliphatic carbocycles. The van der Waals surface area contributed by atoms with Gasteiger partial charge in [-0.2, -0.15) is 9.61 Å². The van der Waals surface area contributed by atoms with Gasteiger partial charge in [0.15, 0.2) is 0 Å². The summed E-state index contributed by atoms with van der Waals surface area (Å²) >= 11 is 0. The van der Waals surface area contributed by atoms with Gasteiger partial charge >= 0.3 is 0 Å². The average Bonchev–Trinajstić information content (AvgIpc) is 3.05. The molecule has 0 bridgehead atoms. The predicted octanol–water partition coefficient (Wildman–Crippen LogP) is 3.30. The number of aryl methyl sites for hydroxylation is 2. The lowest BCUT2D eigenvalue weighted by Gasteiger charge is -2.32. The number of hydrogen-bond acceptors (Lipinski definition) is 5. The molecule has 1 atom stereocenters. The van der Waals surface area contributed by atoms with Crippen LogP contribution in [0.1, 0.15) is 31.0 Å². The van der Waals surface area contributed by atoms with Crippen LogP contribution >= 0.6 is 0 Å². The fourth-order valence-corrected chi connectivity index (χ4v) is 3.67. The van der Waals surface area contributed by atoms with Crippen molar-refractivity contribution in [1.82, 2.24) is 24.7 Å². The maximum atomic E-state index is 4.66. The van der Waals surface area contributed by atoms with Crippen LogP contribution in [-0.2, 0) is 0 Å². The number of anilines is 1. The Bertz CT molecular complexity index is 899. The predicted molar refractivity (Wildman–Crippen MR) is 104 cm³/mol. The third-order valence-corrected chi connectivity index (χ3v) is 5.13. The van der Waals surface area contributed by atoms with Crippen LogP contribution in [0.2, 0.25) is 0 Å². The van der Waals surface area contributed by atoms with Gasteiger partial charge in [0, 0.05) is 18.2 Å². The Hall–Kier alpha value is -2.47. The average molecular weight is 350 g/mol. The van der Waals surface area contributed by atoms with Crippen LogP contribution in [0.15, 0.2) is 30.3 Å². The maximum Gasteiger partial charge on any atom is 0.244 e. The molecule has 26 heavy (non-hydrogen) atoms. The number of benzene rings is 1. The number of piperidine rings is 1. The van der Waals surface area contributed by atoms with Crippen LogP contribution in [0.25, 0.3) is 16.8 Å². The molecule has 1 aliphatic heterocycles. The third kappa shape index (κ3) is 3.29. The number of aromatic nitrogens is 4. The fourth-order valence-electron chi connectivity index (χ4n) is 3.67. The summed E-state index contributed by atoms with van der Waals surface area (Å²) < 4.78 is 1.91. The maximum absolute atomic E-state index is 4.66. The van der Waals surface area contributed by atoms with Gasteiger partial charge in [-0.1, -0.05) is 36.8 Å². The molecule has 0 radical (unpaired) electrons. The third-order valence-electron chi connectivity index (χ3n) is 5.13. The normalized spacial score (nSPS) is 18.3. The summed E-state index contributed by atoms with van der Waals surface area (Å²) in [5, 5.41) is 17.3. The summed E-state index contributed by atoms with van der Waals surface area (Å²) in [4.78, 5) is 2.47. The Morgan fingerprint density at radius 3 is 2.73 bits per heavy atom. The topological polar surface area (TPSA) is 58.3 Å². The van der Waals surface area contributed by atoms with E-state index in [-0.39, 0.29) is 0 Å². The largest absolute Gasteiger partial charge is 0.349 e. The van der Waals surface area contributed by atoms with E-state index in [2.05, 4.69) is 69.7 Å². The van der Waals surface area contributed by atoms with Crippen LogP contribution < -0.4 is 5.32 Å². The molecular weight excluding hydrogens is 324 g/mol. The van der Waals surface area contributed by atoms with E-state index in [0.717, 1.165) is 47.9 Å². The van der Waals surface area contributed by atoms with Gasteiger partial charge in [0.2, 0.25) is 5.95 Å².